The van der Waals surface area contributed by atoms with E-state index in [1.54, 1.807) is 18.2 Å². The van der Waals surface area contributed by atoms with Crippen LogP contribution in [0.3, 0.4) is 0 Å². The molecule has 0 aliphatic heterocycles. The maximum atomic E-state index is 11.8. The van der Waals surface area contributed by atoms with Crippen LogP contribution in [0.15, 0.2) is 30.4 Å². The van der Waals surface area contributed by atoms with Crippen molar-refractivity contribution in [1.82, 2.24) is 5.32 Å². The summed E-state index contributed by atoms with van der Waals surface area (Å²) in [6.07, 6.45) is 4.89. The van der Waals surface area contributed by atoms with Gasteiger partial charge in [-0.3, -0.25) is 4.79 Å². The second-order valence-electron chi connectivity index (χ2n) is 4.63. The molecule has 5 heteroatoms. The van der Waals surface area contributed by atoms with Gasteiger partial charge >= 0.3 is 0 Å². The van der Waals surface area contributed by atoms with E-state index in [0.717, 1.165) is 12.8 Å². The zero-order chi connectivity index (χ0) is 13.8. The Kier molecular flexibility index (Phi) is 4.86. The Morgan fingerprint density at radius 2 is 1.84 bits per heavy atom. The SMILES string of the molecule is O=C(CC(O)c1cc(Cl)cc(Cl)c1)NC1CC=CC1. The van der Waals surface area contributed by atoms with Crippen molar-refractivity contribution in [3.05, 3.63) is 46.0 Å². The second kappa shape index (κ2) is 6.42. The van der Waals surface area contributed by atoms with Crippen molar-refractivity contribution < 1.29 is 9.90 Å². The molecule has 0 bridgehead atoms. The number of carbonyl (C=O) groups excluding carboxylic acids is 1. The first-order chi connectivity index (χ1) is 9.04. The Bertz CT molecular complexity index is 474. The number of hydrogen-bond acceptors (Lipinski definition) is 2. The van der Waals surface area contributed by atoms with E-state index in [-0.39, 0.29) is 18.4 Å². The molecule has 0 radical (unpaired) electrons. The van der Waals surface area contributed by atoms with E-state index < -0.39 is 6.10 Å². The molecule has 1 unspecified atom stereocenters. The maximum Gasteiger partial charge on any atom is 0.223 e. The molecule has 3 nitrogen and oxygen atoms in total. The topological polar surface area (TPSA) is 49.3 Å². The molecule has 0 spiro atoms. The van der Waals surface area contributed by atoms with Crippen LogP contribution in [-0.4, -0.2) is 17.1 Å². The Balaban J connectivity index is 1.92. The van der Waals surface area contributed by atoms with Crippen molar-refractivity contribution >= 4 is 29.1 Å². The fourth-order valence-corrected chi connectivity index (χ4v) is 2.63. The molecule has 1 aromatic rings. The molecule has 1 aromatic carbocycles. The summed E-state index contributed by atoms with van der Waals surface area (Å²) in [5, 5.41) is 13.8. The van der Waals surface area contributed by atoms with Gasteiger partial charge in [-0.15, -0.1) is 0 Å². The third-order valence-electron chi connectivity index (χ3n) is 3.02. The molecule has 0 saturated carbocycles. The van der Waals surface area contributed by atoms with Gasteiger partial charge in [-0.2, -0.15) is 0 Å². The normalized spacial score (nSPS) is 16.6. The molecular formula is C14H15Cl2NO2. The van der Waals surface area contributed by atoms with Gasteiger partial charge in [-0.25, -0.2) is 0 Å². The van der Waals surface area contributed by atoms with Crippen LogP contribution in [0.25, 0.3) is 0 Å². The molecule has 102 valence electrons. The number of carbonyl (C=O) groups is 1. The third kappa shape index (κ3) is 4.23. The average Bonchev–Trinajstić information content (AvgIpc) is 2.80. The van der Waals surface area contributed by atoms with E-state index in [2.05, 4.69) is 5.32 Å². The van der Waals surface area contributed by atoms with Crippen LogP contribution >= 0.6 is 23.2 Å². The van der Waals surface area contributed by atoms with Crippen LogP contribution in [0.4, 0.5) is 0 Å². The number of amides is 1. The molecule has 1 atom stereocenters. The minimum Gasteiger partial charge on any atom is -0.388 e. The predicted molar refractivity (Wildman–Crippen MR) is 76.3 cm³/mol. The number of aliphatic hydroxyl groups excluding tert-OH is 1. The first kappa shape index (κ1) is 14.4. The van der Waals surface area contributed by atoms with Crippen molar-refractivity contribution in [2.45, 2.75) is 31.4 Å². The van der Waals surface area contributed by atoms with Gasteiger partial charge in [0.15, 0.2) is 0 Å². The zero-order valence-electron chi connectivity index (χ0n) is 10.3. The highest BCUT2D eigenvalue weighted by Gasteiger charge is 2.18. The summed E-state index contributed by atoms with van der Waals surface area (Å²) in [7, 11) is 0. The van der Waals surface area contributed by atoms with Crippen LogP contribution in [-0.2, 0) is 4.79 Å². The van der Waals surface area contributed by atoms with E-state index in [9.17, 15) is 9.90 Å². The smallest absolute Gasteiger partial charge is 0.223 e. The van der Waals surface area contributed by atoms with Gasteiger partial charge < -0.3 is 10.4 Å². The van der Waals surface area contributed by atoms with E-state index in [0.29, 0.717) is 15.6 Å². The van der Waals surface area contributed by atoms with Crippen LogP contribution in [0, 0.1) is 0 Å². The van der Waals surface area contributed by atoms with E-state index in [1.807, 2.05) is 12.2 Å². The summed E-state index contributed by atoms with van der Waals surface area (Å²) in [6, 6.07) is 4.97. The van der Waals surface area contributed by atoms with Gasteiger partial charge in [0.05, 0.1) is 12.5 Å². The van der Waals surface area contributed by atoms with Crippen molar-refractivity contribution in [1.29, 1.82) is 0 Å². The Morgan fingerprint density at radius 3 is 2.42 bits per heavy atom. The highest BCUT2D eigenvalue weighted by molar-refractivity contribution is 6.34. The molecule has 2 rings (SSSR count). The number of rotatable bonds is 4. The fourth-order valence-electron chi connectivity index (χ4n) is 2.08. The van der Waals surface area contributed by atoms with Crippen LogP contribution in [0.2, 0.25) is 10.0 Å². The van der Waals surface area contributed by atoms with E-state index >= 15 is 0 Å². The highest BCUT2D eigenvalue weighted by Crippen LogP contribution is 2.25. The lowest BCUT2D eigenvalue weighted by Crippen LogP contribution is -2.33. The van der Waals surface area contributed by atoms with E-state index in [1.165, 1.54) is 0 Å². The first-order valence-electron chi connectivity index (χ1n) is 6.13. The van der Waals surface area contributed by atoms with Crippen molar-refractivity contribution in [2.24, 2.45) is 0 Å². The summed E-state index contributed by atoms with van der Waals surface area (Å²) < 4.78 is 0. The fraction of sp³-hybridized carbons (Fsp3) is 0.357. The Hall–Kier alpha value is -1.03. The molecule has 0 fully saturated rings. The number of halogens is 2. The summed E-state index contributed by atoms with van der Waals surface area (Å²) in [4.78, 5) is 11.8. The lowest BCUT2D eigenvalue weighted by molar-refractivity contribution is -0.123. The van der Waals surface area contributed by atoms with Gasteiger partial charge in [-0.05, 0) is 36.6 Å². The predicted octanol–water partition coefficient (Wildman–Crippen LogP) is 3.25. The number of aliphatic hydroxyl groups is 1. The molecule has 0 saturated heterocycles. The van der Waals surface area contributed by atoms with E-state index in [4.69, 9.17) is 23.2 Å². The minimum atomic E-state index is -0.898. The largest absolute Gasteiger partial charge is 0.388 e. The Morgan fingerprint density at radius 1 is 1.26 bits per heavy atom. The summed E-state index contributed by atoms with van der Waals surface area (Å²) >= 11 is 11.7. The van der Waals surface area contributed by atoms with Crippen molar-refractivity contribution in [3.63, 3.8) is 0 Å². The number of nitrogens with one attached hydrogen (secondary N) is 1. The minimum absolute atomic E-state index is 0.00711. The van der Waals surface area contributed by atoms with Crippen molar-refractivity contribution in [3.8, 4) is 0 Å². The van der Waals surface area contributed by atoms with Gasteiger partial charge in [0, 0.05) is 16.1 Å². The molecule has 2 N–H and O–H groups in total. The zero-order valence-corrected chi connectivity index (χ0v) is 11.8. The molecule has 0 heterocycles. The van der Waals surface area contributed by atoms with Crippen LogP contribution < -0.4 is 5.32 Å². The van der Waals surface area contributed by atoms with Crippen LogP contribution in [0.1, 0.15) is 30.9 Å². The molecule has 19 heavy (non-hydrogen) atoms. The summed E-state index contributed by atoms with van der Waals surface area (Å²) in [6.45, 7) is 0. The first-order valence-corrected chi connectivity index (χ1v) is 6.88. The molecule has 1 aliphatic rings. The third-order valence-corrected chi connectivity index (χ3v) is 3.46. The van der Waals surface area contributed by atoms with Crippen molar-refractivity contribution in [2.75, 3.05) is 0 Å². The molecule has 1 aliphatic carbocycles. The van der Waals surface area contributed by atoms with Gasteiger partial charge in [0.25, 0.3) is 0 Å². The lowest BCUT2D eigenvalue weighted by atomic mass is 10.1. The quantitative estimate of drug-likeness (QED) is 0.839. The molecule has 1 amide bonds. The van der Waals surface area contributed by atoms with Gasteiger partial charge in [0.2, 0.25) is 5.91 Å². The standard InChI is InChI=1S/C14H15Cl2NO2/c15-10-5-9(6-11(16)7-10)13(18)8-14(19)17-12-3-1-2-4-12/h1-2,5-7,12-13,18H,3-4,8H2,(H,17,19). The monoisotopic (exact) mass is 299 g/mol. The van der Waals surface area contributed by atoms with Gasteiger partial charge in [-0.1, -0.05) is 35.4 Å². The second-order valence-corrected chi connectivity index (χ2v) is 5.50. The number of benzene rings is 1. The summed E-state index contributed by atoms with van der Waals surface area (Å²) in [5.74, 6) is -0.169. The lowest BCUT2D eigenvalue weighted by Gasteiger charge is -2.15. The van der Waals surface area contributed by atoms with Crippen LogP contribution in [0.5, 0.6) is 0 Å². The highest BCUT2D eigenvalue weighted by atomic mass is 35.5. The molecular weight excluding hydrogens is 285 g/mol. The summed E-state index contributed by atoms with van der Waals surface area (Å²) in [5.41, 5.74) is 0.553. The Labute approximate surface area is 122 Å². The molecule has 0 aromatic heterocycles. The maximum absolute atomic E-state index is 11.8. The number of hydrogen-bond donors (Lipinski definition) is 2. The van der Waals surface area contributed by atoms with Gasteiger partial charge in [0.1, 0.15) is 0 Å². The average molecular weight is 300 g/mol.